The van der Waals surface area contributed by atoms with E-state index >= 15 is 0 Å². The third-order valence-electron chi connectivity index (χ3n) is 3.08. The number of hydrogen-bond acceptors (Lipinski definition) is 6. The number of Topliss-reactive ketones (excluding diaryl/α,β-unsaturated/α-hetero) is 1. The molecule has 0 amide bonds. The highest BCUT2D eigenvalue weighted by Gasteiger charge is 2.16. The minimum atomic E-state index is -3.38. The van der Waals surface area contributed by atoms with Crippen molar-refractivity contribution in [2.75, 3.05) is 6.26 Å². The van der Waals surface area contributed by atoms with Gasteiger partial charge in [-0.1, -0.05) is 12.1 Å². The Balaban J connectivity index is 2.32. The minimum absolute atomic E-state index is 0.0931. The van der Waals surface area contributed by atoms with E-state index in [1.807, 2.05) is 0 Å². The smallest absolute Gasteiger partial charge is 0.175 e. The van der Waals surface area contributed by atoms with Crippen molar-refractivity contribution >= 4 is 15.6 Å². The van der Waals surface area contributed by atoms with Gasteiger partial charge in [0.25, 0.3) is 0 Å². The number of sulfone groups is 1. The maximum Gasteiger partial charge on any atom is 0.175 e. The van der Waals surface area contributed by atoms with Gasteiger partial charge in [0.05, 0.1) is 10.5 Å². The first kappa shape index (κ1) is 15.8. The van der Waals surface area contributed by atoms with Gasteiger partial charge in [0.1, 0.15) is 5.75 Å². The van der Waals surface area contributed by atoms with Crippen LogP contribution in [0.3, 0.4) is 0 Å². The first-order chi connectivity index (χ1) is 10.2. The molecule has 0 saturated heterocycles. The Bertz CT molecular complexity index is 839. The summed E-state index contributed by atoms with van der Waals surface area (Å²) in [4.78, 5) is 12.3. The van der Waals surface area contributed by atoms with Crippen molar-refractivity contribution in [1.29, 1.82) is 0 Å². The zero-order chi connectivity index (χ0) is 16.5. The Hall–Kier alpha value is -2.54. The molecule has 3 N–H and O–H groups in total. The third-order valence-corrected chi connectivity index (χ3v) is 4.19. The van der Waals surface area contributed by atoms with Gasteiger partial charge < -0.3 is 15.3 Å². The molecular formula is C15H14O6S. The van der Waals surface area contributed by atoms with Crippen molar-refractivity contribution < 1.29 is 28.5 Å². The summed E-state index contributed by atoms with van der Waals surface area (Å²) in [6.07, 6.45) is 0.916. The maximum atomic E-state index is 12.2. The molecule has 22 heavy (non-hydrogen) atoms. The van der Waals surface area contributed by atoms with Crippen LogP contribution < -0.4 is 0 Å². The Morgan fingerprint density at radius 3 is 2.27 bits per heavy atom. The van der Waals surface area contributed by atoms with E-state index in [1.54, 1.807) is 6.07 Å². The molecule has 2 aromatic carbocycles. The molecule has 0 spiro atoms. The lowest BCUT2D eigenvalue weighted by molar-refractivity contribution is 0.0990. The number of phenols is 3. The number of carbonyl (C=O) groups excluding carboxylic acids is 1. The van der Waals surface area contributed by atoms with Crippen LogP contribution in [-0.4, -0.2) is 35.8 Å². The van der Waals surface area contributed by atoms with E-state index in [2.05, 4.69) is 0 Å². The molecule has 7 heteroatoms. The van der Waals surface area contributed by atoms with E-state index < -0.39 is 32.9 Å². The maximum absolute atomic E-state index is 12.2. The summed E-state index contributed by atoms with van der Waals surface area (Å²) in [6, 6.07) is 7.75. The third kappa shape index (κ3) is 3.37. The zero-order valence-corrected chi connectivity index (χ0v) is 12.5. The van der Waals surface area contributed by atoms with Gasteiger partial charge in [-0.3, -0.25) is 4.79 Å². The van der Waals surface area contributed by atoms with Crippen LogP contribution in [0, 0.1) is 0 Å². The van der Waals surface area contributed by atoms with Crippen LogP contribution in [0.2, 0.25) is 0 Å². The summed E-state index contributed by atoms with van der Waals surface area (Å²) >= 11 is 0. The molecule has 0 aliphatic carbocycles. The second kappa shape index (κ2) is 5.69. The number of benzene rings is 2. The van der Waals surface area contributed by atoms with Crippen LogP contribution in [-0.2, 0) is 16.3 Å². The molecule has 6 nitrogen and oxygen atoms in total. The minimum Gasteiger partial charge on any atom is -0.507 e. The van der Waals surface area contributed by atoms with E-state index in [0.29, 0.717) is 5.56 Å². The van der Waals surface area contributed by atoms with Crippen molar-refractivity contribution in [2.45, 2.75) is 11.3 Å². The molecule has 2 aromatic rings. The van der Waals surface area contributed by atoms with Crippen LogP contribution >= 0.6 is 0 Å². The predicted molar refractivity (Wildman–Crippen MR) is 79.0 cm³/mol. The number of hydrogen-bond donors (Lipinski definition) is 3. The molecule has 0 fully saturated rings. The lowest BCUT2D eigenvalue weighted by Crippen LogP contribution is -2.05. The Morgan fingerprint density at radius 1 is 1.00 bits per heavy atom. The van der Waals surface area contributed by atoms with Crippen LogP contribution in [0.5, 0.6) is 17.2 Å². The Morgan fingerprint density at radius 2 is 1.64 bits per heavy atom. The van der Waals surface area contributed by atoms with Crippen LogP contribution in [0.25, 0.3) is 0 Å². The summed E-state index contributed by atoms with van der Waals surface area (Å²) in [5.41, 5.74) is 0.306. The topological polar surface area (TPSA) is 112 Å². The zero-order valence-electron chi connectivity index (χ0n) is 11.6. The fourth-order valence-electron chi connectivity index (χ4n) is 1.96. The van der Waals surface area contributed by atoms with E-state index in [0.717, 1.165) is 18.4 Å². The number of carbonyl (C=O) groups is 1. The summed E-state index contributed by atoms with van der Waals surface area (Å²) in [7, 11) is -3.38. The molecule has 2 rings (SSSR count). The quantitative estimate of drug-likeness (QED) is 0.448. The molecule has 0 radical (unpaired) electrons. The summed E-state index contributed by atoms with van der Waals surface area (Å²) < 4.78 is 23.0. The molecule has 0 saturated carbocycles. The van der Waals surface area contributed by atoms with Crippen molar-refractivity contribution in [3.05, 3.63) is 47.5 Å². The average Bonchev–Trinajstić information content (AvgIpc) is 2.42. The monoisotopic (exact) mass is 322 g/mol. The molecule has 0 bridgehead atoms. The van der Waals surface area contributed by atoms with Crippen LogP contribution in [0.15, 0.2) is 41.3 Å². The number of rotatable bonds is 4. The van der Waals surface area contributed by atoms with Crippen LogP contribution in [0.4, 0.5) is 0 Å². The molecule has 0 heterocycles. The fourth-order valence-corrected chi connectivity index (χ4v) is 2.65. The summed E-state index contributed by atoms with van der Waals surface area (Å²) in [5, 5.41) is 28.3. The fraction of sp³-hybridized carbons (Fsp3) is 0.133. The van der Waals surface area contributed by atoms with E-state index in [1.165, 1.54) is 18.2 Å². The van der Waals surface area contributed by atoms with Gasteiger partial charge >= 0.3 is 0 Å². The first-order valence-electron chi connectivity index (χ1n) is 6.25. The summed E-state index contributed by atoms with van der Waals surface area (Å²) in [6.45, 7) is 0. The van der Waals surface area contributed by atoms with Gasteiger partial charge in [0.2, 0.25) is 0 Å². The van der Waals surface area contributed by atoms with E-state index in [4.69, 9.17) is 0 Å². The number of aromatic hydroxyl groups is 3. The second-order valence-corrected chi connectivity index (χ2v) is 6.89. The lowest BCUT2D eigenvalue weighted by atomic mass is 10.0. The van der Waals surface area contributed by atoms with Gasteiger partial charge in [-0.15, -0.1) is 0 Å². The van der Waals surface area contributed by atoms with Crippen molar-refractivity contribution in [3.63, 3.8) is 0 Å². The van der Waals surface area contributed by atoms with Crippen molar-refractivity contribution in [3.8, 4) is 17.2 Å². The second-order valence-electron chi connectivity index (χ2n) is 4.88. The SMILES string of the molecule is CS(=O)(=O)c1cccc(CC(=O)c2cc(O)c(O)cc2O)c1. The highest BCUT2D eigenvalue weighted by Crippen LogP contribution is 2.32. The van der Waals surface area contributed by atoms with Crippen molar-refractivity contribution in [1.82, 2.24) is 0 Å². The Labute approximate surface area is 127 Å². The molecule has 116 valence electrons. The summed E-state index contributed by atoms with van der Waals surface area (Å²) in [5.74, 6) is -2.03. The largest absolute Gasteiger partial charge is 0.507 e. The number of phenolic OH excluding ortho intramolecular Hbond substituents is 3. The van der Waals surface area contributed by atoms with E-state index in [-0.39, 0.29) is 16.9 Å². The first-order valence-corrected chi connectivity index (χ1v) is 8.15. The molecule has 0 atom stereocenters. The lowest BCUT2D eigenvalue weighted by Gasteiger charge is -2.07. The highest BCUT2D eigenvalue weighted by molar-refractivity contribution is 7.90. The number of ketones is 1. The van der Waals surface area contributed by atoms with Gasteiger partial charge in [-0.05, 0) is 23.8 Å². The average molecular weight is 322 g/mol. The standard InChI is InChI=1S/C15H14O6S/c1-22(20,21)10-4-2-3-9(5-10)6-12(16)11-7-14(18)15(19)8-13(11)17/h2-5,7-8,17-19H,6H2,1H3. The van der Waals surface area contributed by atoms with Crippen LogP contribution in [0.1, 0.15) is 15.9 Å². The highest BCUT2D eigenvalue weighted by atomic mass is 32.2. The Kier molecular flexibility index (Phi) is 4.09. The molecule has 0 aromatic heterocycles. The molecular weight excluding hydrogens is 308 g/mol. The predicted octanol–water partition coefficient (Wildman–Crippen LogP) is 1.63. The van der Waals surface area contributed by atoms with Crippen molar-refractivity contribution in [2.24, 2.45) is 0 Å². The molecule has 0 aliphatic rings. The normalized spacial score (nSPS) is 11.3. The van der Waals surface area contributed by atoms with Gasteiger partial charge in [-0.2, -0.15) is 0 Å². The van der Waals surface area contributed by atoms with Gasteiger partial charge in [-0.25, -0.2) is 8.42 Å². The molecule has 0 aliphatic heterocycles. The van der Waals surface area contributed by atoms with E-state index in [9.17, 15) is 28.5 Å². The van der Waals surface area contributed by atoms with Gasteiger partial charge in [0.15, 0.2) is 27.1 Å². The van der Waals surface area contributed by atoms with Gasteiger partial charge in [0, 0.05) is 18.7 Å². The molecule has 0 unspecified atom stereocenters.